The second-order valence-electron chi connectivity index (χ2n) is 3.51. The van der Waals surface area contributed by atoms with Crippen molar-refractivity contribution < 1.29 is 31.0 Å². The maximum Gasteiger partial charge on any atom is 1.00 e. The van der Waals surface area contributed by atoms with Gasteiger partial charge in [-0.25, -0.2) is 14.2 Å². The Morgan fingerprint density at radius 1 is 1.40 bits per heavy atom. The molecule has 0 saturated carbocycles. The van der Waals surface area contributed by atoms with E-state index < -0.39 is 11.4 Å². The van der Waals surface area contributed by atoms with Crippen LogP contribution in [-0.4, -0.2) is 28.6 Å². The molecule has 0 fully saturated rings. The van der Waals surface area contributed by atoms with Crippen molar-refractivity contribution in [3.63, 3.8) is 0 Å². The quantitative estimate of drug-likeness (QED) is 0.532. The SMILES string of the molecule is CC(C)n1c(=O)nc(N(C)C)[nH]c1=O.[H-].[Na+]. The number of aromatic nitrogens is 3. The van der Waals surface area contributed by atoms with Gasteiger partial charge in [0, 0.05) is 20.1 Å². The van der Waals surface area contributed by atoms with E-state index in [2.05, 4.69) is 9.97 Å². The molecule has 0 aliphatic heterocycles. The number of aromatic amines is 1. The zero-order valence-electron chi connectivity index (χ0n) is 10.7. The minimum Gasteiger partial charge on any atom is -1.00 e. The molecule has 0 radical (unpaired) electrons. The number of H-pyrrole nitrogens is 1. The summed E-state index contributed by atoms with van der Waals surface area (Å²) in [6, 6.07) is -0.185. The zero-order valence-corrected chi connectivity index (χ0v) is 11.7. The Morgan fingerprint density at radius 2 is 1.93 bits per heavy atom. The molecule has 0 aliphatic rings. The fourth-order valence-corrected chi connectivity index (χ4v) is 1.08. The van der Waals surface area contributed by atoms with Gasteiger partial charge in [-0.05, 0) is 13.8 Å². The first-order valence-corrected chi connectivity index (χ1v) is 4.33. The molecule has 1 heterocycles. The minimum absolute atomic E-state index is 0. The molecular weight excluding hydrogens is 207 g/mol. The van der Waals surface area contributed by atoms with Gasteiger partial charge in [0.15, 0.2) is 0 Å². The molecule has 0 unspecified atom stereocenters. The van der Waals surface area contributed by atoms with Crippen molar-refractivity contribution in [1.29, 1.82) is 0 Å². The number of nitrogens with one attached hydrogen (secondary N) is 1. The molecule has 80 valence electrons. The van der Waals surface area contributed by atoms with Crippen LogP contribution in [0, 0.1) is 0 Å². The molecule has 1 aromatic heterocycles. The van der Waals surface area contributed by atoms with Crippen molar-refractivity contribution >= 4 is 5.95 Å². The Morgan fingerprint density at radius 3 is 2.27 bits per heavy atom. The monoisotopic (exact) mass is 222 g/mol. The summed E-state index contributed by atoms with van der Waals surface area (Å²) >= 11 is 0. The van der Waals surface area contributed by atoms with Gasteiger partial charge in [-0.1, -0.05) is 0 Å². The summed E-state index contributed by atoms with van der Waals surface area (Å²) in [4.78, 5) is 30.7. The molecule has 0 aliphatic carbocycles. The second-order valence-corrected chi connectivity index (χ2v) is 3.51. The summed E-state index contributed by atoms with van der Waals surface area (Å²) in [6.45, 7) is 3.52. The number of hydrogen-bond donors (Lipinski definition) is 1. The summed E-state index contributed by atoms with van der Waals surface area (Å²) in [5.74, 6) is 0.275. The molecule has 6 nitrogen and oxygen atoms in total. The van der Waals surface area contributed by atoms with Gasteiger partial charge in [-0.15, -0.1) is 0 Å². The van der Waals surface area contributed by atoms with Crippen LogP contribution in [0.3, 0.4) is 0 Å². The van der Waals surface area contributed by atoms with Crippen LogP contribution in [0.15, 0.2) is 9.59 Å². The van der Waals surface area contributed by atoms with Crippen LogP contribution in [0.2, 0.25) is 0 Å². The molecule has 0 saturated heterocycles. The van der Waals surface area contributed by atoms with Crippen LogP contribution < -0.4 is 45.8 Å². The molecule has 0 atom stereocenters. The van der Waals surface area contributed by atoms with E-state index in [9.17, 15) is 9.59 Å². The van der Waals surface area contributed by atoms with E-state index in [1.54, 1.807) is 32.8 Å². The summed E-state index contributed by atoms with van der Waals surface area (Å²) in [5.41, 5.74) is -0.948. The van der Waals surface area contributed by atoms with Crippen molar-refractivity contribution in [2.75, 3.05) is 19.0 Å². The molecule has 0 bridgehead atoms. The Hall–Kier alpha value is -0.590. The predicted octanol–water partition coefficient (Wildman–Crippen LogP) is -3.30. The van der Waals surface area contributed by atoms with E-state index in [-0.39, 0.29) is 43.0 Å². The van der Waals surface area contributed by atoms with Crippen molar-refractivity contribution in [2.45, 2.75) is 19.9 Å². The van der Waals surface area contributed by atoms with Gasteiger partial charge in [0.1, 0.15) is 0 Å². The van der Waals surface area contributed by atoms with E-state index in [1.807, 2.05) is 0 Å². The van der Waals surface area contributed by atoms with Crippen LogP contribution in [0.1, 0.15) is 21.3 Å². The van der Waals surface area contributed by atoms with Gasteiger partial charge in [-0.2, -0.15) is 4.98 Å². The third kappa shape index (κ3) is 3.19. The third-order valence-corrected chi connectivity index (χ3v) is 1.79. The standard InChI is InChI=1S/C8H14N4O2.Na.H/c1-5(2)12-7(13)9-6(11(3)4)10-8(12)14;;/h5H,1-4H3,(H,9,10,13,14);;/q;+1;-1. The van der Waals surface area contributed by atoms with Crippen LogP contribution in [-0.2, 0) is 0 Å². The van der Waals surface area contributed by atoms with Crippen LogP contribution in [0.4, 0.5) is 5.95 Å². The van der Waals surface area contributed by atoms with E-state index in [0.717, 1.165) is 4.57 Å². The second kappa shape index (κ2) is 5.48. The average molecular weight is 222 g/mol. The maximum absolute atomic E-state index is 11.4. The van der Waals surface area contributed by atoms with E-state index in [0.29, 0.717) is 0 Å². The number of rotatable bonds is 2. The zero-order chi connectivity index (χ0) is 10.9. The Balaban J connectivity index is 0. The van der Waals surface area contributed by atoms with E-state index in [1.165, 1.54) is 0 Å². The largest absolute Gasteiger partial charge is 1.00 e. The molecule has 0 aromatic carbocycles. The number of anilines is 1. The molecule has 1 rings (SSSR count). The Bertz CT molecular complexity index is 409. The van der Waals surface area contributed by atoms with Crippen molar-refractivity contribution in [3.05, 3.63) is 21.0 Å². The first-order valence-electron chi connectivity index (χ1n) is 4.33. The first-order chi connectivity index (χ1) is 6.43. The predicted molar refractivity (Wildman–Crippen MR) is 54.9 cm³/mol. The van der Waals surface area contributed by atoms with Crippen LogP contribution in [0.25, 0.3) is 0 Å². The summed E-state index contributed by atoms with van der Waals surface area (Å²) in [7, 11) is 3.41. The average Bonchev–Trinajstić information content (AvgIpc) is 2.01. The number of nitrogens with zero attached hydrogens (tertiary/aromatic N) is 3. The van der Waals surface area contributed by atoms with E-state index >= 15 is 0 Å². The summed E-state index contributed by atoms with van der Waals surface area (Å²) in [5, 5.41) is 0. The Labute approximate surface area is 111 Å². The van der Waals surface area contributed by atoms with Crippen molar-refractivity contribution in [2.24, 2.45) is 0 Å². The molecule has 7 heteroatoms. The minimum atomic E-state index is -0.521. The van der Waals surface area contributed by atoms with Crippen molar-refractivity contribution in [3.8, 4) is 0 Å². The molecule has 1 aromatic rings. The molecule has 1 N–H and O–H groups in total. The van der Waals surface area contributed by atoms with Crippen molar-refractivity contribution in [1.82, 2.24) is 14.5 Å². The van der Waals surface area contributed by atoms with Gasteiger partial charge < -0.3 is 6.33 Å². The number of hydrogen-bond acceptors (Lipinski definition) is 4. The van der Waals surface area contributed by atoms with E-state index in [4.69, 9.17) is 0 Å². The normalized spacial score (nSPS) is 9.93. The van der Waals surface area contributed by atoms with Gasteiger partial charge in [-0.3, -0.25) is 4.98 Å². The van der Waals surface area contributed by atoms with Gasteiger partial charge >= 0.3 is 40.9 Å². The molecule has 0 amide bonds. The molecule has 15 heavy (non-hydrogen) atoms. The summed E-state index contributed by atoms with van der Waals surface area (Å²) < 4.78 is 1.08. The fourth-order valence-electron chi connectivity index (χ4n) is 1.08. The smallest absolute Gasteiger partial charge is 1.00 e. The maximum atomic E-state index is 11.4. The van der Waals surface area contributed by atoms with Gasteiger partial charge in [0.05, 0.1) is 0 Å². The van der Waals surface area contributed by atoms with Gasteiger partial charge in [0.25, 0.3) is 0 Å². The van der Waals surface area contributed by atoms with Crippen LogP contribution >= 0.6 is 0 Å². The first kappa shape index (κ1) is 14.4. The summed E-state index contributed by atoms with van der Waals surface area (Å²) in [6.07, 6.45) is 0. The van der Waals surface area contributed by atoms with Gasteiger partial charge in [0.2, 0.25) is 5.95 Å². The topological polar surface area (TPSA) is 71.0 Å². The molecule has 0 spiro atoms. The fraction of sp³-hybridized carbons (Fsp3) is 0.625. The van der Waals surface area contributed by atoms with Crippen LogP contribution in [0.5, 0.6) is 0 Å². The third-order valence-electron chi connectivity index (χ3n) is 1.79. The molecular formula is C8H15N4NaO2. The Kier molecular flexibility index (Phi) is 5.27.